The minimum atomic E-state index is -0.656. The lowest BCUT2D eigenvalue weighted by atomic mass is 10.2. The fraction of sp³-hybridized carbons (Fsp3) is 0.160. The Bertz CT molecular complexity index is 1220. The van der Waals surface area contributed by atoms with Gasteiger partial charge in [-0.3, -0.25) is 9.59 Å². The first-order valence-corrected chi connectivity index (χ1v) is 12.1. The lowest BCUT2D eigenvalue weighted by molar-refractivity contribution is -0.126. The second-order valence-electron chi connectivity index (χ2n) is 7.18. The molecule has 0 radical (unpaired) electrons. The van der Waals surface area contributed by atoms with E-state index in [1.807, 2.05) is 31.2 Å². The van der Waals surface area contributed by atoms with Crippen LogP contribution in [0.1, 0.15) is 24.5 Å². The highest BCUT2D eigenvalue weighted by molar-refractivity contribution is 9.10. The molecular formula is C25H22Br2FN3O4. The zero-order chi connectivity index (χ0) is 25.2. The molecule has 2 N–H and O–H groups in total. The van der Waals surface area contributed by atoms with Gasteiger partial charge in [0.05, 0.1) is 23.0 Å². The number of carbonyl (C=O) groups excluding carboxylic acids is 2. The summed E-state index contributed by atoms with van der Waals surface area (Å²) < 4.78 is 26.9. The summed E-state index contributed by atoms with van der Waals surface area (Å²) in [5.41, 5.74) is 3.92. The van der Waals surface area contributed by atoms with Crippen molar-refractivity contribution in [1.82, 2.24) is 5.43 Å². The predicted octanol–water partition coefficient (Wildman–Crippen LogP) is 5.81. The van der Waals surface area contributed by atoms with Gasteiger partial charge in [0.1, 0.15) is 18.8 Å². The van der Waals surface area contributed by atoms with E-state index in [-0.39, 0.29) is 5.69 Å². The molecule has 0 heterocycles. The van der Waals surface area contributed by atoms with Gasteiger partial charge in [-0.25, -0.2) is 9.82 Å². The predicted molar refractivity (Wildman–Crippen MR) is 139 cm³/mol. The Labute approximate surface area is 219 Å². The van der Waals surface area contributed by atoms with Gasteiger partial charge in [0, 0.05) is 4.47 Å². The third kappa shape index (κ3) is 8.18. The van der Waals surface area contributed by atoms with Gasteiger partial charge in [0.15, 0.2) is 11.5 Å². The van der Waals surface area contributed by atoms with E-state index < -0.39 is 24.1 Å². The Balaban J connectivity index is 1.60. The van der Waals surface area contributed by atoms with E-state index in [1.165, 1.54) is 24.4 Å². The van der Waals surface area contributed by atoms with Gasteiger partial charge in [-0.1, -0.05) is 40.2 Å². The average Bonchev–Trinajstić information content (AvgIpc) is 2.81. The summed E-state index contributed by atoms with van der Waals surface area (Å²) in [5.74, 6) is -0.832. The number of hydrogen-bond acceptors (Lipinski definition) is 5. The molecule has 0 bridgehead atoms. The normalized spacial score (nSPS) is 10.7. The van der Waals surface area contributed by atoms with Crippen molar-refractivity contribution in [2.24, 2.45) is 5.10 Å². The van der Waals surface area contributed by atoms with Crippen molar-refractivity contribution in [2.75, 3.05) is 11.9 Å². The number of hydrazone groups is 1. The summed E-state index contributed by atoms with van der Waals surface area (Å²) in [6.45, 7) is 2.64. The fourth-order valence-electron chi connectivity index (χ4n) is 2.92. The Morgan fingerprint density at radius 2 is 1.77 bits per heavy atom. The number of ether oxygens (including phenoxy) is 2. The highest BCUT2D eigenvalue weighted by Crippen LogP contribution is 2.37. The van der Waals surface area contributed by atoms with Crippen LogP contribution in [0.25, 0.3) is 0 Å². The van der Waals surface area contributed by atoms with Crippen LogP contribution < -0.4 is 20.2 Å². The van der Waals surface area contributed by atoms with Crippen molar-refractivity contribution in [3.05, 3.63) is 86.6 Å². The second-order valence-corrected chi connectivity index (χ2v) is 8.95. The number of carbonyl (C=O) groups is 2. The molecular weight excluding hydrogens is 585 g/mol. The van der Waals surface area contributed by atoms with Crippen LogP contribution in [0.4, 0.5) is 10.1 Å². The quantitative estimate of drug-likeness (QED) is 0.173. The van der Waals surface area contributed by atoms with Gasteiger partial charge in [-0.05, 0) is 70.4 Å². The maximum Gasteiger partial charge on any atom is 0.249 e. The van der Waals surface area contributed by atoms with E-state index in [9.17, 15) is 14.0 Å². The minimum absolute atomic E-state index is 0.00421. The van der Waals surface area contributed by atoms with Crippen molar-refractivity contribution in [3.8, 4) is 11.5 Å². The van der Waals surface area contributed by atoms with Crippen LogP contribution in [-0.4, -0.2) is 24.6 Å². The number of benzene rings is 3. The van der Waals surface area contributed by atoms with Crippen LogP contribution in [-0.2, 0) is 16.2 Å². The molecule has 0 spiro atoms. The van der Waals surface area contributed by atoms with Gasteiger partial charge in [-0.15, -0.1) is 0 Å². The second kappa shape index (κ2) is 13.0. The van der Waals surface area contributed by atoms with Gasteiger partial charge in [0.2, 0.25) is 11.8 Å². The van der Waals surface area contributed by atoms with E-state index in [1.54, 1.807) is 18.2 Å². The highest BCUT2D eigenvalue weighted by atomic mass is 79.9. The smallest absolute Gasteiger partial charge is 0.249 e. The third-order valence-electron chi connectivity index (χ3n) is 4.50. The summed E-state index contributed by atoms with van der Waals surface area (Å²) in [6.07, 6.45) is 0.904. The minimum Gasteiger partial charge on any atom is -0.490 e. The Morgan fingerprint density at radius 1 is 1.03 bits per heavy atom. The molecule has 0 aliphatic heterocycles. The first kappa shape index (κ1) is 26.4. The lowest BCUT2D eigenvalue weighted by Crippen LogP contribution is -2.24. The number of hydrogen-bond donors (Lipinski definition) is 2. The monoisotopic (exact) mass is 605 g/mol. The molecule has 2 amide bonds. The SMILES string of the molecule is CCOc1cc(C=NNC(=O)CC(=O)Nc2ccccc2F)cc(Br)c1OCc1ccc(Br)cc1. The van der Waals surface area contributed by atoms with Gasteiger partial charge in [-0.2, -0.15) is 5.10 Å². The Kier molecular flexibility index (Phi) is 9.80. The number of nitrogens with one attached hydrogen (secondary N) is 2. The zero-order valence-corrected chi connectivity index (χ0v) is 21.9. The van der Waals surface area contributed by atoms with Crippen LogP contribution in [0.3, 0.4) is 0 Å². The van der Waals surface area contributed by atoms with E-state index in [4.69, 9.17) is 9.47 Å². The fourth-order valence-corrected chi connectivity index (χ4v) is 3.76. The summed E-state index contributed by atoms with van der Waals surface area (Å²) in [4.78, 5) is 24.0. The van der Waals surface area contributed by atoms with Crippen LogP contribution in [0.5, 0.6) is 11.5 Å². The van der Waals surface area contributed by atoms with E-state index in [0.717, 1.165) is 10.0 Å². The lowest BCUT2D eigenvalue weighted by Gasteiger charge is -2.14. The van der Waals surface area contributed by atoms with Crippen molar-refractivity contribution in [1.29, 1.82) is 0 Å². The average molecular weight is 607 g/mol. The third-order valence-corrected chi connectivity index (χ3v) is 5.62. The molecule has 3 aromatic rings. The van der Waals surface area contributed by atoms with Crippen molar-refractivity contribution in [3.63, 3.8) is 0 Å². The molecule has 0 aliphatic rings. The van der Waals surface area contributed by atoms with Crippen LogP contribution in [0, 0.1) is 5.82 Å². The van der Waals surface area contributed by atoms with Crippen LogP contribution >= 0.6 is 31.9 Å². The zero-order valence-electron chi connectivity index (χ0n) is 18.7. The van der Waals surface area contributed by atoms with Gasteiger partial charge >= 0.3 is 0 Å². The van der Waals surface area contributed by atoms with Crippen molar-refractivity contribution in [2.45, 2.75) is 20.0 Å². The molecule has 7 nitrogen and oxygen atoms in total. The molecule has 0 aliphatic carbocycles. The maximum absolute atomic E-state index is 13.6. The van der Waals surface area contributed by atoms with Crippen LogP contribution in [0.2, 0.25) is 0 Å². The molecule has 0 unspecified atom stereocenters. The standard InChI is InChI=1S/C25H22Br2FN3O4/c1-2-34-22-12-17(11-19(27)25(22)35-15-16-7-9-18(26)10-8-16)14-29-31-24(33)13-23(32)30-21-6-4-3-5-20(21)28/h3-12,14H,2,13,15H2,1H3,(H,30,32)(H,31,33). The Hall–Kier alpha value is -3.24. The number of rotatable bonds is 10. The maximum atomic E-state index is 13.6. The summed E-state index contributed by atoms with van der Waals surface area (Å²) in [5, 5.41) is 6.24. The molecule has 3 rings (SSSR count). The van der Waals surface area contributed by atoms with Crippen molar-refractivity contribution >= 4 is 55.6 Å². The molecule has 0 aromatic heterocycles. The highest BCUT2D eigenvalue weighted by Gasteiger charge is 2.13. The first-order valence-electron chi connectivity index (χ1n) is 10.6. The number of nitrogens with zero attached hydrogens (tertiary/aromatic N) is 1. The molecule has 0 saturated heterocycles. The molecule has 0 fully saturated rings. The topological polar surface area (TPSA) is 89.0 Å². The number of halogens is 3. The molecule has 0 atom stereocenters. The van der Waals surface area contributed by atoms with Gasteiger partial charge in [0.25, 0.3) is 0 Å². The number of anilines is 1. The summed E-state index contributed by atoms with van der Waals surface area (Å²) >= 11 is 6.91. The summed E-state index contributed by atoms with van der Waals surface area (Å²) in [6, 6.07) is 17.0. The molecule has 182 valence electrons. The summed E-state index contributed by atoms with van der Waals surface area (Å²) in [7, 11) is 0. The van der Waals surface area contributed by atoms with E-state index in [0.29, 0.717) is 34.7 Å². The molecule has 3 aromatic carbocycles. The molecule has 10 heteroatoms. The number of amides is 2. The van der Waals surface area contributed by atoms with E-state index in [2.05, 4.69) is 47.7 Å². The molecule has 35 heavy (non-hydrogen) atoms. The van der Waals surface area contributed by atoms with Crippen molar-refractivity contribution < 1.29 is 23.5 Å². The van der Waals surface area contributed by atoms with Gasteiger partial charge < -0.3 is 14.8 Å². The molecule has 0 saturated carbocycles. The Morgan fingerprint density at radius 3 is 2.49 bits per heavy atom. The first-order chi connectivity index (χ1) is 16.9. The number of para-hydroxylation sites is 1. The van der Waals surface area contributed by atoms with Crippen LogP contribution in [0.15, 0.2) is 74.7 Å². The largest absolute Gasteiger partial charge is 0.490 e. The van der Waals surface area contributed by atoms with E-state index >= 15 is 0 Å².